The number of carbonyl (C=O) groups is 2. The average Bonchev–Trinajstić information content (AvgIpc) is 2.39. The second-order valence-corrected chi connectivity index (χ2v) is 4.52. The molecule has 0 aliphatic carbocycles. The highest BCUT2D eigenvalue weighted by Gasteiger charge is 2.07. The van der Waals surface area contributed by atoms with Crippen LogP contribution in [0.3, 0.4) is 0 Å². The number of amides is 1. The van der Waals surface area contributed by atoms with Gasteiger partial charge in [0.15, 0.2) is 0 Å². The lowest BCUT2D eigenvalue weighted by Crippen LogP contribution is -2.12. The summed E-state index contributed by atoms with van der Waals surface area (Å²) in [5.74, 6) is -0.223. The number of aryl methyl sites for hydroxylation is 1. The quantitative estimate of drug-likeness (QED) is 0.868. The molecule has 0 atom stereocenters. The fraction of sp³-hybridized carbons (Fsp3) is 0.0667. The predicted molar refractivity (Wildman–Crippen MR) is 75.8 cm³/mol. The number of anilines is 1. The van der Waals surface area contributed by atoms with Gasteiger partial charge in [-0.2, -0.15) is 0 Å². The van der Waals surface area contributed by atoms with Crippen LogP contribution >= 0.6 is 11.6 Å². The van der Waals surface area contributed by atoms with Gasteiger partial charge in [0.2, 0.25) is 0 Å². The minimum atomic E-state index is -0.550. The predicted octanol–water partition coefficient (Wildman–Crippen LogP) is 3.63. The van der Waals surface area contributed by atoms with Crippen molar-refractivity contribution in [3.05, 3.63) is 65.2 Å². The maximum Gasteiger partial charge on any atom is 0.255 e. The van der Waals surface area contributed by atoms with E-state index in [9.17, 15) is 9.59 Å². The smallest absolute Gasteiger partial charge is 0.255 e. The lowest BCUT2D eigenvalue weighted by atomic mass is 10.1. The first-order valence-corrected chi connectivity index (χ1v) is 6.12. The van der Waals surface area contributed by atoms with Gasteiger partial charge >= 0.3 is 0 Å². The minimum absolute atomic E-state index is 0.223. The van der Waals surface area contributed by atoms with Gasteiger partial charge in [-0.15, -0.1) is 0 Å². The summed E-state index contributed by atoms with van der Waals surface area (Å²) in [7, 11) is 0. The SMILES string of the molecule is Cc1ccc(C(=O)Nc2cccc(C(=O)Cl)c2)cc1. The van der Waals surface area contributed by atoms with Crippen LogP contribution in [0.2, 0.25) is 0 Å². The molecule has 0 saturated heterocycles. The van der Waals surface area contributed by atoms with Crippen LogP contribution in [0.15, 0.2) is 48.5 Å². The molecule has 1 amide bonds. The number of rotatable bonds is 3. The first-order valence-electron chi connectivity index (χ1n) is 5.74. The monoisotopic (exact) mass is 273 g/mol. The van der Waals surface area contributed by atoms with Crippen molar-refractivity contribution in [3.8, 4) is 0 Å². The van der Waals surface area contributed by atoms with E-state index in [1.807, 2.05) is 19.1 Å². The van der Waals surface area contributed by atoms with E-state index in [1.54, 1.807) is 36.4 Å². The van der Waals surface area contributed by atoms with Crippen LogP contribution in [-0.2, 0) is 0 Å². The third-order valence-corrected chi connectivity index (χ3v) is 2.88. The Morgan fingerprint density at radius 2 is 1.68 bits per heavy atom. The number of benzene rings is 2. The van der Waals surface area contributed by atoms with E-state index in [-0.39, 0.29) is 5.91 Å². The molecule has 2 aromatic carbocycles. The highest BCUT2D eigenvalue weighted by atomic mass is 35.5. The number of carbonyl (C=O) groups excluding carboxylic acids is 2. The summed E-state index contributed by atoms with van der Waals surface area (Å²) < 4.78 is 0. The van der Waals surface area contributed by atoms with E-state index >= 15 is 0 Å². The van der Waals surface area contributed by atoms with E-state index in [1.165, 1.54) is 0 Å². The molecule has 96 valence electrons. The fourth-order valence-corrected chi connectivity index (χ4v) is 1.74. The van der Waals surface area contributed by atoms with Crippen molar-refractivity contribution in [1.29, 1.82) is 0 Å². The molecule has 0 radical (unpaired) electrons. The molecule has 19 heavy (non-hydrogen) atoms. The van der Waals surface area contributed by atoms with Gasteiger partial charge in [0, 0.05) is 16.8 Å². The maximum absolute atomic E-state index is 12.0. The lowest BCUT2D eigenvalue weighted by Gasteiger charge is -2.06. The number of nitrogens with one attached hydrogen (secondary N) is 1. The topological polar surface area (TPSA) is 46.2 Å². The van der Waals surface area contributed by atoms with E-state index in [4.69, 9.17) is 11.6 Å². The van der Waals surface area contributed by atoms with Crippen molar-refractivity contribution in [2.75, 3.05) is 5.32 Å². The summed E-state index contributed by atoms with van der Waals surface area (Å²) in [4.78, 5) is 23.0. The van der Waals surface area contributed by atoms with Crippen LogP contribution in [0.4, 0.5) is 5.69 Å². The van der Waals surface area contributed by atoms with E-state index < -0.39 is 5.24 Å². The zero-order valence-electron chi connectivity index (χ0n) is 10.3. The summed E-state index contributed by atoms with van der Waals surface area (Å²) in [6.07, 6.45) is 0. The van der Waals surface area contributed by atoms with Crippen LogP contribution in [0.25, 0.3) is 0 Å². The van der Waals surface area contributed by atoms with E-state index in [0.717, 1.165) is 5.56 Å². The summed E-state index contributed by atoms with van der Waals surface area (Å²) in [5.41, 5.74) is 2.54. The number of halogens is 1. The molecule has 0 aromatic heterocycles. The van der Waals surface area contributed by atoms with Gasteiger partial charge in [-0.05, 0) is 48.9 Å². The Bertz CT molecular complexity index is 620. The molecular formula is C15H12ClNO2. The van der Waals surface area contributed by atoms with Crippen molar-refractivity contribution >= 4 is 28.4 Å². The fourth-order valence-electron chi connectivity index (χ4n) is 1.63. The largest absolute Gasteiger partial charge is 0.322 e. The molecule has 2 rings (SSSR count). The van der Waals surface area contributed by atoms with E-state index in [0.29, 0.717) is 16.8 Å². The zero-order chi connectivity index (χ0) is 13.8. The molecule has 1 N–H and O–H groups in total. The van der Waals surface area contributed by atoms with Gasteiger partial charge in [-0.25, -0.2) is 0 Å². The second kappa shape index (κ2) is 5.67. The molecule has 4 heteroatoms. The van der Waals surface area contributed by atoms with Crippen molar-refractivity contribution in [2.24, 2.45) is 0 Å². The van der Waals surface area contributed by atoms with Gasteiger partial charge in [0.1, 0.15) is 0 Å². The minimum Gasteiger partial charge on any atom is -0.322 e. The van der Waals surface area contributed by atoms with Crippen LogP contribution < -0.4 is 5.32 Å². The summed E-state index contributed by atoms with van der Waals surface area (Å²) in [5, 5.41) is 2.17. The third kappa shape index (κ3) is 3.42. The van der Waals surface area contributed by atoms with Gasteiger partial charge in [-0.1, -0.05) is 23.8 Å². The summed E-state index contributed by atoms with van der Waals surface area (Å²) in [6, 6.07) is 13.7. The maximum atomic E-state index is 12.0. The summed E-state index contributed by atoms with van der Waals surface area (Å²) in [6.45, 7) is 1.96. The van der Waals surface area contributed by atoms with Crippen LogP contribution in [0.1, 0.15) is 26.3 Å². The zero-order valence-corrected chi connectivity index (χ0v) is 11.1. The van der Waals surface area contributed by atoms with Gasteiger partial charge in [-0.3, -0.25) is 9.59 Å². The van der Waals surface area contributed by atoms with E-state index in [2.05, 4.69) is 5.32 Å². The van der Waals surface area contributed by atoms with Gasteiger partial charge < -0.3 is 5.32 Å². The molecule has 0 saturated carbocycles. The Labute approximate surface area is 116 Å². The highest BCUT2D eigenvalue weighted by molar-refractivity contribution is 6.67. The average molecular weight is 274 g/mol. The standard InChI is InChI=1S/C15H12ClNO2/c1-10-5-7-11(8-6-10)15(19)17-13-4-2-3-12(9-13)14(16)18/h2-9H,1H3,(H,17,19). The molecule has 2 aromatic rings. The highest BCUT2D eigenvalue weighted by Crippen LogP contribution is 2.14. The first kappa shape index (κ1) is 13.3. The molecule has 0 fully saturated rings. The van der Waals surface area contributed by atoms with Gasteiger partial charge in [0.25, 0.3) is 11.1 Å². The molecule has 0 unspecified atom stereocenters. The molecule has 0 heterocycles. The van der Waals surface area contributed by atoms with Crippen molar-refractivity contribution in [2.45, 2.75) is 6.92 Å². The molecule has 0 bridgehead atoms. The molecule has 0 aliphatic rings. The van der Waals surface area contributed by atoms with Crippen molar-refractivity contribution < 1.29 is 9.59 Å². The van der Waals surface area contributed by atoms with Crippen LogP contribution in [0, 0.1) is 6.92 Å². The summed E-state index contributed by atoms with van der Waals surface area (Å²) >= 11 is 5.39. The Kier molecular flexibility index (Phi) is 3.97. The molecule has 3 nitrogen and oxygen atoms in total. The molecule has 0 aliphatic heterocycles. The number of hydrogen-bond donors (Lipinski definition) is 1. The normalized spacial score (nSPS) is 10.0. The Balaban J connectivity index is 2.17. The Morgan fingerprint density at radius 1 is 1.00 bits per heavy atom. The lowest BCUT2D eigenvalue weighted by molar-refractivity contribution is 0.102. The van der Waals surface area contributed by atoms with Crippen molar-refractivity contribution in [3.63, 3.8) is 0 Å². The Hall–Kier alpha value is -2.13. The molecule has 0 spiro atoms. The third-order valence-electron chi connectivity index (χ3n) is 2.66. The number of hydrogen-bond acceptors (Lipinski definition) is 2. The second-order valence-electron chi connectivity index (χ2n) is 4.17. The van der Waals surface area contributed by atoms with Gasteiger partial charge in [0.05, 0.1) is 0 Å². The van der Waals surface area contributed by atoms with Crippen molar-refractivity contribution in [1.82, 2.24) is 0 Å². The van der Waals surface area contributed by atoms with Crippen LogP contribution in [-0.4, -0.2) is 11.1 Å². The first-order chi connectivity index (χ1) is 9.06. The Morgan fingerprint density at radius 3 is 2.32 bits per heavy atom. The molecular weight excluding hydrogens is 262 g/mol. The van der Waals surface area contributed by atoms with Crippen LogP contribution in [0.5, 0.6) is 0 Å².